The summed E-state index contributed by atoms with van der Waals surface area (Å²) in [7, 11) is 3.95. The van der Waals surface area contributed by atoms with Crippen molar-refractivity contribution in [3.05, 3.63) is 0 Å². The molecule has 0 aromatic carbocycles. The molecule has 0 heterocycles. The number of hydrogen-bond donors (Lipinski definition) is 4. The molecular formula is C29H72N6O2. The first-order valence-electron chi connectivity index (χ1n) is 14.8. The molecule has 0 atom stereocenters. The SMILES string of the molecule is CC(C)NCCCCCCNC(=O)CN(C)C(C)C.CC(C)NCCCCCNC(=O)CN(C)C(C)C.[HH].[HH].[HH].[HH]. The highest BCUT2D eigenvalue weighted by atomic mass is 16.2. The van der Waals surface area contributed by atoms with Gasteiger partial charge in [-0.05, 0) is 80.6 Å². The van der Waals surface area contributed by atoms with Crippen LogP contribution in [-0.2, 0) is 9.59 Å². The topological polar surface area (TPSA) is 88.7 Å². The van der Waals surface area contributed by atoms with Gasteiger partial charge < -0.3 is 21.3 Å². The molecule has 4 N–H and O–H groups in total. The Balaban J connectivity index is -0.000000136. The van der Waals surface area contributed by atoms with Crippen molar-refractivity contribution in [2.45, 2.75) is 125 Å². The lowest BCUT2D eigenvalue weighted by molar-refractivity contribution is -0.123. The number of likely N-dealkylation sites (N-methyl/N-ethyl adjacent to an activating group) is 2. The van der Waals surface area contributed by atoms with Crippen molar-refractivity contribution >= 4 is 11.8 Å². The summed E-state index contributed by atoms with van der Waals surface area (Å²) in [5.74, 6) is 0.268. The van der Waals surface area contributed by atoms with Gasteiger partial charge in [0.25, 0.3) is 0 Å². The van der Waals surface area contributed by atoms with Crippen molar-refractivity contribution in [1.29, 1.82) is 0 Å². The molecule has 0 unspecified atom stereocenters. The van der Waals surface area contributed by atoms with E-state index in [2.05, 4.69) is 76.7 Å². The van der Waals surface area contributed by atoms with Crippen LogP contribution in [0.5, 0.6) is 0 Å². The number of carbonyl (C=O) groups is 2. The summed E-state index contributed by atoms with van der Waals surface area (Å²) in [4.78, 5) is 27.3. The molecule has 0 radical (unpaired) electrons. The van der Waals surface area contributed by atoms with Gasteiger partial charge in [0.1, 0.15) is 0 Å². The highest BCUT2D eigenvalue weighted by Gasteiger charge is 2.09. The van der Waals surface area contributed by atoms with Crippen LogP contribution in [0.3, 0.4) is 0 Å². The summed E-state index contributed by atoms with van der Waals surface area (Å²) in [5.41, 5.74) is 0. The van der Waals surface area contributed by atoms with E-state index in [1.54, 1.807) is 0 Å². The fourth-order valence-corrected chi connectivity index (χ4v) is 3.20. The maximum absolute atomic E-state index is 11.6. The van der Waals surface area contributed by atoms with E-state index in [9.17, 15) is 9.59 Å². The van der Waals surface area contributed by atoms with E-state index in [-0.39, 0.29) is 17.5 Å². The molecule has 8 nitrogen and oxygen atoms in total. The van der Waals surface area contributed by atoms with Gasteiger partial charge in [-0.1, -0.05) is 47.0 Å². The van der Waals surface area contributed by atoms with E-state index < -0.39 is 0 Å². The standard InChI is InChI=1S/C15H33N3O.C14H31N3O.4H2/c1-13(2)16-10-8-6-7-9-11-17-15(19)12-18(5)14(3)4;1-12(2)15-9-7-6-8-10-16-14(18)11-17(5)13(3)4;;;;/h13-14,16H,6-12H2,1-5H3,(H,17,19);12-13,15H,6-11H2,1-5H3,(H,16,18);4*1H. The Morgan fingerprint density at radius 1 is 0.541 bits per heavy atom. The Morgan fingerprint density at radius 2 is 0.838 bits per heavy atom. The number of rotatable bonds is 21. The van der Waals surface area contributed by atoms with Crippen LogP contribution < -0.4 is 21.3 Å². The van der Waals surface area contributed by atoms with E-state index in [1.807, 2.05) is 23.9 Å². The molecule has 0 aliphatic heterocycles. The van der Waals surface area contributed by atoms with Crippen LogP contribution in [0, 0.1) is 0 Å². The summed E-state index contributed by atoms with van der Waals surface area (Å²) in [6.07, 6.45) is 8.15. The molecule has 230 valence electrons. The van der Waals surface area contributed by atoms with Crippen molar-refractivity contribution < 1.29 is 15.3 Å². The van der Waals surface area contributed by atoms with Gasteiger partial charge >= 0.3 is 0 Å². The normalized spacial score (nSPS) is 11.6. The van der Waals surface area contributed by atoms with Gasteiger partial charge in [0.05, 0.1) is 13.1 Å². The fourth-order valence-electron chi connectivity index (χ4n) is 3.20. The summed E-state index contributed by atoms with van der Waals surface area (Å²) < 4.78 is 0. The zero-order valence-corrected chi connectivity index (χ0v) is 26.2. The van der Waals surface area contributed by atoms with Crippen LogP contribution in [0.2, 0.25) is 0 Å². The molecule has 0 rings (SSSR count). The van der Waals surface area contributed by atoms with E-state index in [1.165, 1.54) is 32.1 Å². The van der Waals surface area contributed by atoms with Crippen LogP contribution in [0.15, 0.2) is 0 Å². The lowest BCUT2D eigenvalue weighted by Gasteiger charge is -2.20. The number of nitrogens with one attached hydrogen (secondary N) is 4. The monoisotopic (exact) mass is 537 g/mol. The highest BCUT2D eigenvalue weighted by Crippen LogP contribution is 1.99. The van der Waals surface area contributed by atoms with Crippen molar-refractivity contribution in [2.24, 2.45) is 0 Å². The lowest BCUT2D eigenvalue weighted by atomic mass is 10.2. The number of amides is 2. The van der Waals surface area contributed by atoms with E-state index in [0.717, 1.165) is 39.0 Å². The molecule has 8 heteroatoms. The zero-order valence-electron chi connectivity index (χ0n) is 26.2. The highest BCUT2D eigenvalue weighted by molar-refractivity contribution is 5.78. The number of nitrogens with zero attached hydrogens (tertiary/aromatic N) is 2. The molecule has 0 saturated heterocycles. The van der Waals surface area contributed by atoms with E-state index >= 15 is 0 Å². The Bertz CT molecular complexity index is 559. The van der Waals surface area contributed by atoms with Crippen molar-refractivity contribution in [1.82, 2.24) is 31.1 Å². The second-order valence-corrected chi connectivity index (χ2v) is 11.4. The van der Waals surface area contributed by atoms with Gasteiger partial charge in [0.2, 0.25) is 11.8 Å². The quantitative estimate of drug-likeness (QED) is 0.160. The predicted molar refractivity (Wildman–Crippen MR) is 169 cm³/mol. The first kappa shape index (κ1) is 37.9. The molecule has 0 bridgehead atoms. The smallest absolute Gasteiger partial charge is 0.234 e. The van der Waals surface area contributed by atoms with Crippen LogP contribution in [-0.4, -0.2) is 99.1 Å². The average Bonchev–Trinajstić information content (AvgIpc) is 2.79. The molecule has 0 spiro atoms. The van der Waals surface area contributed by atoms with Crippen molar-refractivity contribution in [2.75, 3.05) is 53.4 Å². The van der Waals surface area contributed by atoms with E-state index in [0.29, 0.717) is 37.3 Å². The third-order valence-corrected chi connectivity index (χ3v) is 6.26. The third kappa shape index (κ3) is 29.2. The second-order valence-electron chi connectivity index (χ2n) is 11.4. The Labute approximate surface area is 236 Å². The number of carbonyl (C=O) groups excluding carboxylic acids is 2. The lowest BCUT2D eigenvalue weighted by Crippen LogP contribution is -2.38. The van der Waals surface area contributed by atoms with Crippen LogP contribution in [0.25, 0.3) is 0 Å². The van der Waals surface area contributed by atoms with Crippen molar-refractivity contribution in [3.8, 4) is 0 Å². The van der Waals surface area contributed by atoms with E-state index in [4.69, 9.17) is 0 Å². The minimum Gasteiger partial charge on any atom is -0.355 e. The zero-order chi connectivity index (χ0) is 28.6. The fraction of sp³-hybridized carbons (Fsp3) is 0.931. The maximum Gasteiger partial charge on any atom is 0.234 e. The summed E-state index contributed by atoms with van der Waals surface area (Å²) in [6.45, 7) is 21.8. The molecular weight excluding hydrogens is 464 g/mol. The number of hydrogen-bond acceptors (Lipinski definition) is 6. The van der Waals surface area contributed by atoms with Gasteiger partial charge in [-0.15, -0.1) is 0 Å². The average molecular weight is 537 g/mol. The van der Waals surface area contributed by atoms with Crippen LogP contribution >= 0.6 is 0 Å². The number of unbranched alkanes of at least 4 members (excludes halogenated alkanes) is 5. The van der Waals surface area contributed by atoms with Gasteiger partial charge in [0.15, 0.2) is 0 Å². The molecule has 0 aliphatic rings. The Kier molecular flexibility index (Phi) is 25.7. The second kappa shape index (κ2) is 25.1. The van der Waals surface area contributed by atoms with Crippen LogP contribution in [0.4, 0.5) is 0 Å². The molecule has 0 saturated carbocycles. The minimum atomic E-state index is 0. The summed E-state index contributed by atoms with van der Waals surface area (Å²) in [5, 5.41) is 12.7. The molecule has 0 aliphatic carbocycles. The van der Waals surface area contributed by atoms with Gasteiger partial charge in [0, 0.05) is 43.0 Å². The molecule has 0 aromatic rings. The first-order valence-corrected chi connectivity index (χ1v) is 14.8. The van der Waals surface area contributed by atoms with Crippen molar-refractivity contribution in [3.63, 3.8) is 0 Å². The summed E-state index contributed by atoms with van der Waals surface area (Å²) in [6, 6.07) is 1.98. The van der Waals surface area contributed by atoms with Gasteiger partial charge in [-0.2, -0.15) is 0 Å². The molecule has 0 aromatic heterocycles. The predicted octanol–water partition coefficient (Wildman–Crippen LogP) is 4.60. The van der Waals surface area contributed by atoms with Gasteiger partial charge in [-0.25, -0.2) is 0 Å². The Hall–Kier alpha value is -1.22. The minimum absolute atomic E-state index is 0. The first-order chi connectivity index (χ1) is 17.4. The van der Waals surface area contributed by atoms with Crippen LogP contribution in [0.1, 0.15) is 106 Å². The third-order valence-electron chi connectivity index (χ3n) is 6.26. The van der Waals surface area contributed by atoms with Gasteiger partial charge in [-0.3, -0.25) is 19.4 Å². The molecule has 2 amide bonds. The molecule has 37 heavy (non-hydrogen) atoms. The summed E-state index contributed by atoms with van der Waals surface area (Å²) >= 11 is 0. The Morgan fingerprint density at radius 3 is 1.14 bits per heavy atom. The molecule has 0 fully saturated rings. The largest absolute Gasteiger partial charge is 0.355 e. The maximum atomic E-state index is 11.6.